The van der Waals surface area contributed by atoms with Gasteiger partial charge in [0.1, 0.15) is 11.4 Å². The molecule has 2 rings (SSSR count). The summed E-state index contributed by atoms with van der Waals surface area (Å²) in [6.45, 7) is 0.839. The zero-order chi connectivity index (χ0) is 11.6. The third kappa shape index (κ3) is 1.61. The van der Waals surface area contributed by atoms with Crippen LogP contribution in [0.25, 0.3) is 0 Å². The Bertz CT molecular complexity index is 344. The number of ether oxygens (including phenoxy) is 2. The Morgan fingerprint density at radius 1 is 0.875 bits per heavy atom. The predicted molar refractivity (Wildman–Crippen MR) is 51.5 cm³/mol. The Labute approximate surface area is 90.4 Å². The molecule has 1 spiro atoms. The summed E-state index contributed by atoms with van der Waals surface area (Å²) in [7, 11) is 0. The van der Waals surface area contributed by atoms with Crippen LogP contribution in [0, 0.1) is 0 Å². The maximum atomic E-state index is 8.80. The lowest BCUT2D eigenvalue weighted by Gasteiger charge is -2.31. The second-order valence-electron chi connectivity index (χ2n) is 3.50. The van der Waals surface area contributed by atoms with Crippen molar-refractivity contribution in [1.29, 1.82) is 0 Å². The molecule has 8 heteroatoms. The molecule has 0 radical (unpaired) electrons. The van der Waals surface area contributed by atoms with E-state index in [9.17, 15) is 0 Å². The molecule has 0 bridgehead atoms. The molecule has 2 aliphatic rings. The molecule has 0 unspecified atom stereocenters. The quantitative estimate of drug-likeness (QED) is 0.399. The van der Waals surface area contributed by atoms with Gasteiger partial charge in [0.05, 0.1) is 26.1 Å². The van der Waals surface area contributed by atoms with E-state index in [2.05, 4.69) is 15.5 Å². The van der Waals surface area contributed by atoms with Gasteiger partial charge >= 0.3 is 0 Å². The van der Waals surface area contributed by atoms with E-state index in [0.29, 0.717) is 13.2 Å². The monoisotopic (exact) mass is 229 g/mol. The van der Waals surface area contributed by atoms with Crippen LogP contribution in [0.3, 0.4) is 0 Å². The van der Waals surface area contributed by atoms with E-state index in [1.807, 2.05) is 0 Å². The van der Waals surface area contributed by atoms with Crippen molar-refractivity contribution in [3.8, 4) is 0 Å². The van der Waals surface area contributed by atoms with E-state index < -0.39 is 5.79 Å². The van der Waals surface area contributed by atoms with Crippen LogP contribution in [-0.2, 0) is 9.47 Å². The van der Waals surface area contributed by atoms with Gasteiger partial charge in [0.15, 0.2) is 11.5 Å². The molecule has 0 aromatic heterocycles. The highest BCUT2D eigenvalue weighted by Crippen LogP contribution is 2.32. The van der Waals surface area contributed by atoms with Crippen LogP contribution in [0.5, 0.6) is 0 Å². The predicted octanol–water partition coefficient (Wildman–Crippen LogP) is 0.0139. The van der Waals surface area contributed by atoms with E-state index >= 15 is 0 Å². The van der Waals surface area contributed by atoms with Crippen LogP contribution in [0.1, 0.15) is 12.8 Å². The summed E-state index contributed by atoms with van der Waals surface area (Å²) in [5.41, 5.74) is 0.0571. The molecule has 0 amide bonds. The third-order valence-corrected chi connectivity index (χ3v) is 2.58. The van der Waals surface area contributed by atoms with Crippen LogP contribution in [0.4, 0.5) is 0 Å². The first-order valence-electron chi connectivity index (χ1n) is 4.67. The van der Waals surface area contributed by atoms with Gasteiger partial charge in [0.25, 0.3) is 0 Å². The molecule has 88 valence electrons. The zero-order valence-electron chi connectivity index (χ0n) is 8.33. The molecule has 0 aromatic rings. The minimum absolute atomic E-state index is 0.0588. The standard InChI is InChI=1S/C8H11N3O5/c12-9-5-3-8(15-1-2-16-8)4-6(10-13)7(5)11-14/h12-14H,1-4H2/b9-5+,10-6?,11-7?. The van der Waals surface area contributed by atoms with Crippen LogP contribution in [-0.4, -0.2) is 51.8 Å². The van der Waals surface area contributed by atoms with Crippen LogP contribution < -0.4 is 0 Å². The Balaban J connectivity index is 2.34. The fourth-order valence-electron chi connectivity index (χ4n) is 1.89. The highest BCUT2D eigenvalue weighted by molar-refractivity contribution is 6.69. The molecule has 1 heterocycles. The molecule has 2 fully saturated rings. The van der Waals surface area contributed by atoms with Gasteiger partial charge in [0.2, 0.25) is 0 Å². The lowest BCUT2D eigenvalue weighted by Crippen LogP contribution is -2.46. The molecular weight excluding hydrogens is 218 g/mol. The Hall–Kier alpha value is -1.67. The average Bonchev–Trinajstić information content (AvgIpc) is 2.76. The Kier molecular flexibility index (Phi) is 2.75. The molecule has 0 atom stereocenters. The van der Waals surface area contributed by atoms with Crippen molar-refractivity contribution in [1.82, 2.24) is 0 Å². The summed E-state index contributed by atoms with van der Waals surface area (Å²) in [6, 6.07) is 0. The van der Waals surface area contributed by atoms with Crippen molar-refractivity contribution in [2.45, 2.75) is 18.6 Å². The third-order valence-electron chi connectivity index (χ3n) is 2.58. The van der Waals surface area contributed by atoms with Gasteiger partial charge in [-0.3, -0.25) is 0 Å². The van der Waals surface area contributed by atoms with Crippen LogP contribution in [0.15, 0.2) is 15.5 Å². The first-order chi connectivity index (χ1) is 7.74. The smallest absolute Gasteiger partial charge is 0.179 e. The minimum Gasteiger partial charge on any atom is -0.411 e. The van der Waals surface area contributed by atoms with Crippen molar-refractivity contribution in [3.63, 3.8) is 0 Å². The summed E-state index contributed by atoms with van der Waals surface area (Å²) in [5.74, 6) is -0.975. The Morgan fingerprint density at radius 2 is 1.38 bits per heavy atom. The van der Waals surface area contributed by atoms with E-state index in [-0.39, 0.29) is 30.0 Å². The maximum absolute atomic E-state index is 8.80. The summed E-state index contributed by atoms with van der Waals surface area (Å²) in [5, 5.41) is 35.3. The van der Waals surface area contributed by atoms with Gasteiger partial charge in [-0.2, -0.15) is 0 Å². The molecule has 0 aromatic carbocycles. The number of hydrogen-bond acceptors (Lipinski definition) is 8. The van der Waals surface area contributed by atoms with Gasteiger partial charge in [0, 0.05) is 0 Å². The molecule has 16 heavy (non-hydrogen) atoms. The summed E-state index contributed by atoms with van der Waals surface area (Å²) < 4.78 is 10.8. The van der Waals surface area contributed by atoms with Gasteiger partial charge in [-0.1, -0.05) is 15.5 Å². The number of hydrogen-bond donors (Lipinski definition) is 3. The van der Waals surface area contributed by atoms with Crippen molar-refractivity contribution < 1.29 is 25.1 Å². The summed E-state index contributed by atoms with van der Waals surface area (Å²) >= 11 is 0. The largest absolute Gasteiger partial charge is 0.411 e. The fourth-order valence-corrected chi connectivity index (χ4v) is 1.89. The van der Waals surface area contributed by atoms with E-state index in [1.54, 1.807) is 0 Å². The number of oxime groups is 3. The number of rotatable bonds is 0. The molecule has 3 N–H and O–H groups in total. The first-order valence-corrected chi connectivity index (χ1v) is 4.67. The van der Waals surface area contributed by atoms with Crippen molar-refractivity contribution in [2.24, 2.45) is 15.5 Å². The molecule has 1 aliphatic heterocycles. The van der Waals surface area contributed by atoms with Crippen molar-refractivity contribution >= 4 is 17.1 Å². The lowest BCUT2D eigenvalue weighted by atomic mass is 9.89. The van der Waals surface area contributed by atoms with E-state index in [0.717, 1.165) is 0 Å². The molecule has 1 aliphatic carbocycles. The van der Waals surface area contributed by atoms with Gasteiger partial charge < -0.3 is 25.1 Å². The minimum atomic E-state index is -0.975. The summed E-state index contributed by atoms with van der Waals surface area (Å²) in [6.07, 6.45) is 0.282. The number of nitrogens with zero attached hydrogens (tertiary/aromatic N) is 3. The second kappa shape index (κ2) is 4.06. The fraction of sp³-hybridized carbons (Fsp3) is 0.625. The SMILES string of the molecule is ON=C1CC2(C/C(=N\O)C1=NO)OCCO2. The highest BCUT2D eigenvalue weighted by atomic mass is 16.7. The highest BCUT2D eigenvalue weighted by Gasteiger charge is 2.46. The summed E-state index contributed by atoms with van der Waals surface area (Å²) in [4.78, 5) is 0. The normalized spacial score (nSPS) is 31.9. The van der Waals surface area contributed by atoms with Gasteiger partial charge in [-0.25, -0.2) is 0 Å². The van der Waals surface area contributed by atoms with E-state index in [1.165, 1.54) is 0 Å². The molecular formula is C8H11N3O5. The molecule has 8 nitrogen and oxygen atoms in total. The topological polar surface area (TPSA) is 116 Å². The lowest BCUT2D eigenvalue weighted by molar-refractivity contribution is -0.145. The average molecular weight is 229 g/mol. The van der Waals surface area contributed by atoms with Crippen LogP contribution in [0.2, 0.25) is 0 Å². The van der Waals surface area contributed by atoms with Gasteiger partial charge in [-0.05, 0) is 0 Å². The molecule has 1 saturated heterocycles. The van der Waals surface area contributed by atoms with Crippen molar-refractivity contribution in [3.05, 3.63) is 0 Å². The van der Waals surface area contributed by atoms with Crippen molar-refractivity contribution in [2.75, 3.05) is 13.2 Å². The maximum Gasteiger partial charge on any atom is 0.179 e. The first kappa shape index (κ1) is 10.8. The zero-order valence-corrected chi connectivity index (χ0v) is 8.33. The van der Waals surface area contributed by atoms with Gasteiger partial charge in [-0.15, -0.1) is 0 Å². The second-order valence-corrected chi connectivity index (χ2v) is 3.50. The van der Waals surface area contributed by atoms with Crippen LogP contribution >= 0.6 is 0 Å². The molecule has 1 saturated carbocycles. The van der Waals surface area contributed by atoms with E-state index in [4.69, 9.17) is 25.1 Å². The Morgan fingerprint density at radius 3 is 1.75 bits per heavy atom.